The molecular weight excluding hydrogens is 679 g/mol. The number of esters is 2. The maximum atomic E-state index is 12.0. The molecule has 0 N–H and O–H groups in total. The van der Waals surface area contributed by atoms with E-state index in [9.17, 15) is 79.2 Å². The molecule has 2 aliphatic rings. The van der Waals surface area contributed by atoms with Crippen molar-refractivity contribution in [3.63, 3.8) is 0 Å². The number of methoxy groups -OCH3 is 2. The molecule has 2 atom stereocenters. The van der Waals surface area contributed by atoms with Gasteiger partial charge in [0.25, 0.3) is 0 Å². The van der Waals surface area contributed by atoms with Crippen LogP contribution in [0.3, 0.4) is 0 Å². The third-order valence-corrected chi connectivity index (χ3v) is 8.21. The standard InChI is InChI=1S/C8H9F3O5S.C7H10O3.C2F6O5S2/c1-15-7(12)5-2-3-6(4-5)16-17(13,14)8(9,10)11;1-10-7(9)5-2-3-6(8)4-5;3-1(4,5)14(9,10)13-15(11,12)2(6,7)8/h3,5H,2,4H2,1H3;5H,2-4H2,1H3;. The summed E-state index contributed by atoms with van der Waals surface area (Å²) in [5.74, 6) is -1.93. The highest BCUT2D eigenvalue weighted by Crippen LogP contribution is 2.33. The first kappa shape index (κ1) is 39.3. The van der Waals surface area contributed by atoms with Crippen molar-refractivity contribution >= 4 is 48.1 Å². The first-order valence-electron chi connectivity index (χ1n) is 10.3. The van der Waals surface area contributed by atoms with E-state index in [1.54, 1.807) is 0 Å². The van der Waals surface area contributed by atoms with Crippen LogP contribution in [0.4, 0.5) is 39.5 Å². The van der Waals surface area contributed by atoms with Gasteiger partial charge in [0.1, 0.15) is 11.5 Å². The molecule has 13 nitrogen and oxygen atoms in total. The summed E-state index contributed by atoms with van der Waals surface area (Å²) >= 11 is 0. The van der Waals surface area contributed by atoms with Crippen LogP contribution < -0.4 is 0 Å². The van der Waals surface area contributed by atoms with Crippen LogP contribution >= 0.6 is 0 Å². The lowest BCUT2D eigenvalue weighted by molar-refractivity contribution is -0.146. The molecule has 42 heavy (non-hydrogen) atoms. The molecule has 0 amide bonds. The molecule has 0 aromatic carbocycles. The second kappa shape index (κ2) is 14.2. The Kier molecular flexibility index (Phi) is 13.3. The first-order valence-corrected chi connectivity index (χ1v) is 14.5. The van der Waals surface area contributed by atoms with Crippen LogP contribution in [0.25, 0.3) is 0 Å². The van der Waals surface area contributed by atoms with Crippen molar-refractivity contribution in [1.82, 2.24) is 0 Å². The van der Waals surface area contributed by atoms with Gasteiger partial charge in [-0.1, -0.05) is 0 Å². The fourth-order valence-electron chi connectivity index (χ4n) is 2.66. The highest BCUT2D eigenvalue weighted by Gasteiger charge is 2.57. The molecule has 0 heterocycles. The molecule has 25 heteroatoms. The molecule has 0 bridgehead atoms. The zero-order valence-corrected chi connectivity index (χ0v) is 23.2. The van der Waals surface area contributed by atoms with E-state index in [0.29, 0.717) is 19.3 Å². The lowest BCUT2D eigenvalue weighted by Crippen LogP contribution is -2.34. The fraction of sp³-hybridized carbons (Fsp3) is 0.706. The van der Waals surface area contributed by atoms with Gasteiger partial charge in [-0.05, 0) is 18.9 Å². The van der Waals surface area contributed by atoms with Gasteiger partial charge < -0.3 is 13.7 Å². The van der Waals surface area contributed by atoms with Gasteiger partial charge in [0.2, 0.25) is 0 Å². The molecule has 0 aromatic rings. The lowest BCUT2D eigenvalue weighted by atomic mass is 10.1. The van der Waals surface area contributed by atoms with E-state index in [0.717, 1.165) is 13.2 Å². The topological polar surface area (TPSA) is 191 Å². The smallest absolute Gasteiger partial charge is 0.469 e. The Balaban J connectivity index is 0.000000620. The zero-order valence-electron chi connectivity index (χ0n) is 20.7. The van der Waals surface area contributed by atoms with E-state index < -0.39 is 64.5 Å². The molecule has 0 spiro atoms. The Morgan fingerprint density at radius 2 is 1.12 bits per heavy atom. The Bertz CT molecular complexity index is 1300. The Labute approximate surface area is 231 Å². The summed E-state index contributed by atoms with van der Waals surface area (Å²) in [4.78, 5) is 32.5. The number of carbonyl (C=O) groups excluding carboxylic acids is 3. The predicted octanol–water partition coefficient (Wildman–Crippen LogP) is 2.55. The summed E-state index contributed by atoms with van der Waals surface area (Å²) < 4.78 is 180. The van der Waals surface area contributed by atoms with E-state index in [1.807, 2.05) is 3.63 Å². The van der Waals surface area contributed by atoms with Crippen molar-refractivity contribution in [2.75, 3.05) is 14.2 Å². The average molecular weight is 699 g/mol. The summed E-state index contributed by atoms with van der Waals surface area (Å²) in [5, 5.41) is 0. The van der Waals surface area contributed by atoms with Crippen LogP contribution in [0.2, 0.25) is 0 Å². The largest absolute Gasteiger partial charge is 0.534 e. The van der Waals surface area contributed by atoms with Gasteiger partial charge >= 0.3 is 58.8 Å². The highest BCUT2D eigenvalue weighted by atomic mass is 32.3. The number of halogens is 9. The minimum absolute atomic E-state index is 0.0926. The van der Waals surface area contributed by atoms with Gasteiger partial charge in [0.15, 0.2) is 0 Å². The maximum absolute atomic E-state index is 12.0. The highest BCUT2D eigenvalue weighted by molar-refractivity contribution is 8.00. The molecule has 0 radical (unpaired) electrons. The van der Waals surface area contributed by atoms with Crippen molar-refractivity contribution in [2.45, 2.75) is 48.6 Å². The normalized spacial score (nSPS) is 19.9. The number of ether oxygens (including phenoxy) is 2. The van der Waals surface area contributed by atoms with Crippen LogP contribution in [-0.2, 0) is 62.0 Å². The van der Waals surface area contributed by atoms with Crippen molar-refractivity contribution in [1.29, 1.82) is 0 Å². The summed E-state index contributed by atoms with van der Waals surface area (Å²) in [6, 6.07) is 0. The Hall–Kier alpha value is -2.67. The number of hydrogen-bond donors (Lipinski definition) is 0. The van der Waals surface area contributed by atoms with E-state index in [2.05, 4.69) is 13.7 Å². The van der Waals surface area contributed by atoms with Crippen molar-refractivity contribution in [3.8, 4) is 0 Å². The van der Waals surface area contributed by atoms with Gasteiger partial charge in [-0.15, -0.1) is 3.63 Å². The van der Waals surface area contributed by atoms with Gasteiger partial charge in [-0.2, -0.15) is 64.8 Å². The van der Waals surface area contributed by atoms with Gasteiger partial charge in [0, 0.05) is 19.3 Å². The number of allylic oxidation sites excluding steroid dienone is 2. The van der Waals surface area contributed by atoms with E-state index >= 15 is 0 Å². The molecule has 1 fully saturated rings. The van der Waals surface area contributed by atoms with Gasteiger partial charge in [0.05, 0.1) is 26.1 Å². The third-order valence-electron chi connectivity index (χ3n) is 4.64. The predicted molar refractivity (Wildman–Crippen MR) is 114 cm³/mol. The number of Topliss-reactive ketones (excluding diaryl/α,β-unsaturated/α-hetero) is 1. The van der Waals surface area contributed by atoms with E-state index in [1.165, 1.54) is 7.11 Å². The quantitative estimate of drug-likeness (QED) is 0.170. The van der Waals surface area contributed by atoms with Crippen molar-refractivity contribution in [2.24, 2.45) is 11.8 Å². The average Bonchev–Trinajstić information content (AvgIpc) is 3.44. The number of ketones is 1. The molecule has 246 valence electrons. The van der Waals surface area contributed by atoms with Crippen LogP contribution in [0.1, 0.15) is 32.1 Å². The second-order valence-electron chi connectivity index (χ2n) is 7.68. The third kappa shape index (κ3) is 11.5. The number of carbonyl (C=O) groups is 3. The van der Waals surface area contributed by atoms with Crippen LogP contribution in [0, 0.1) is 11.8 Å². The molecular formula is C17H19F9O13S3. The Morgan fingerprint density at radius 3 is 1.45 bits per heavy atom. The lowest BCUT2D eigenvalue weighted by Gasteiger charge is -2.11. The SMILES string of the molecule is COC(=O)C1CC=C(OS(=O)(=O)C(F)(F)F)C1.COC(=O)C1CCC(=O)C1.O=S(=O)(OS(=O)(=O)C(F)(F)F)C(F)(F)F. The minimum atomic E-state index is -6.85. The molecule has 2 unspecified atom stereocenters. The second-order valence-corrected chi connectivity index (χ2v) is 12.5. The molecule has 2 aliphatic carbocycles. The Morgan fingerprint density at radius 1 is 0.714 bits per heavy atom. The summed E-state index contributed by atoms with van der Waals surface area (Å²) in [6.07, 6.45) is 2.60. The van der Waals surface area contributed by atoms with E-state index in [4.69, 9.17) is 0 Å². The molecule has 0 aliphatic heterocycles. The maximum Gasteiger partial charge on any atom is 0.534 e. The van der Waals surface area contributed by atoms with Crippen LogP contribution in [-0.4, -0.2) is 73.7 Å². The summed E-state index contributed by atoms with van der Waals surface area (Å²) in [5.41, 5.74) is -18.0. The number of alkyl halides is 9. The summed E-state index contributed by atoms with van der Waals surface area (Å²) in [6.45, 7) is 0. The van der Waals surface area contributed by atoms with Crippen molar-refractivity contribution < 1.29 is 96.4 Å². The number of hydrogen-bond acceptors (Lipinski definition) is 13. The molecule has 0 saturated heterocycles. The minimum Gasteiger partial charge on any atom is -0.469 e. The molecule has 0 aromatic heterocycles. The fourth-order valence-corrected chi connectivity index (χ4v) is 4.74. The molecule has 2 rings (SSSR count). The zero-order chi connectivity index (χ0) is 33.5. The monoisotopic (exact) mass is 698 g/mol. The van der Waals surface area contributed by atoms with Crippen LogP contribution in [0.5, 0.6) is 0 Å². The van der Waals surface area contributed by atoms with E-state index in [-0.39, 0.29) is 30.5 Å². The number of rotatable bonds is 6. The van der Waals surface area contributed by atoms with Crippen molar-refractivity contribution in [3.05, 3.63) is 11.8 Å². The first-order chi connectivity index (χ1) is 18.6. The van der Waals surface area contributed by atoms with Crippen LogP contribution in [0.15, 0.2) is 11.8 Å². The van der Waals surface area contributed by atoms with Gasteiger partial charge in [-0.25, -0.2) is 0 Å². The summed E-state index contributed by atoms with van der Waals surface area (Å²) in [7, 11) is -16.9. The molecule has 1 saturated carbocycles. The van der Waals surface area contributed by atoms with Gasteiger partial charge in [-0.3, -0.25) is 14.4 Å².